The lowest BCUT2D eigenvalue weighted by Crippen LogP contribution is -2.20. The molecule has 0 atom stereocenters. The SMILES string of the molecule is O=C(COCCOCCOCCOCCOCCOCOc1ccc([N+](=O)[O-])cc1)OC(=O)CSC(=S)c1ccccc1. The van der Waals surface area contributed by atoms with Crippen LogP contribution in [0.4, 0.5) is 5.69 Å². The summed E-state index contributed by atoms with van der Waals surface area (Å²) >= 11 is 6.38. The number of nitro groups is 1. The van der Waals surface area contributed by atoms with Gasteiger partial charge in [-0.2, -0.15) is 0 Å². The topological polar surface area (TPSA) is 151 Å². The predicted octanol–water partition coefficient (Wildman–Crippen LogP) is 3.21. The molecule has 0 heterocycles. The van der Waals surface area contributed by atoms with Gasteiger partial charge in [0.2, 0.25) is 0 Å². The number of non-ortho nitro benzene ring substituents is 1. The average Bonchev–Trinajstić information content (AvgIpc) is 3.01. The van der Waals surface area contributed by atoms with Crippen LogP contribution in [0.5, 0.6) is 5.75 Å². The van der Waals surface area contributed by atoms with Crippen LogP contribution in [0.2, 0.25) is 0 Å². The van der Waals surface area contributed by atoms with Crippen LogP contribution in [0.1, 0.15) is 5.56 Å². The Morgan fingerprint density at radius 2 is 1.21 bits per heavy atom. The lowest BCUT2D eigenvalue weighted by Gasteiger charge is -2.09. The van der Waals surface area contributed by atoms with Crippen LogP contribution in [-0.2, 0) is 42.7 Å². The van der Waals surface area contributed by atoms with Gasteiger partial charge in [-0.05, 0) is 17.7 Å². The normalized spacial score (nSPS) is 10.8. The molecule has 2 rings (SSSR count). The van der Waals surface area contributed by atoms with Gasteiger partial charge in [0, 0.05) is 12.1 Å². The molecule has 0 amide bonds. The van der Waals surface area contributed by atoms with Gasteiger partial charge in [0.15, 0.2) is 6.79 Å². The van der Waals surface area contributed by atoms with Crippen LogP contribution in [0.3, 0.4) is 0 Å². The number of carbonyl (C=O) groups excluding carboxylic acids is 2. The number of thiocarbonyl (C=S) groups is 1. The molecule has 0 spiro atoms. The van der Waals surface area contributed by atoms with Gasteiger partial charge < -0.3 is 37.9 Å². The second kappa shape index (κ2) is 23.4. The lowest BCUT2D eigenvalue weighted by atomic mass is 10.2. The van der Waals surface area contributed by atoms with Crippen molar-refractivity contribution in [1.29, 1.82) is 0 Å². The highest BCUT2D eigenvalue weighted by Gasteiger charge is 2.13. The van der Waals surface area contributed by atoms with Gasteiger partial charge in [-0.3, -0.25) is 14.9 Å². The highest BCUT2D eigenvalue weighted by atomic mass is 32.2. The van der Waals surface area contributed by atoms with Gasteiger partial charge in [0.1, 0.15) is 12.4 Å². The number of esters is 2. The van der Waals surface area contributed by atoms with Crippen molar-refractivity contribution in [3.63, 3.8) is 0 Å². The Balaban J connectivity index is 1.27. The number of rotatable bonds is 24. The van der Waals surface area contributed by atoms with E-state index in [0.717, 1.165) is 17.3 Å². The predicted molar refractivity (Wildman–Crippen MR) is 160 cm³/mol. The monoisotopic (exact) mass is 641 g/mol. The summed E-state index contributed by atoms with van der Waals surface area (Å²) in [5, 5.41) is 10.6. The molecule has 2 aromatic rings. The molecule has 0 aliphatic carbocycles. The first-order valence-electron chi connectivity index (χ1n) is 13.2. The standard InChI is InChI=1S/C28H35NO12S2/c30-26(41-27(31)21-43-28(42)23-4-2-1-3-5-23)20-38-18-16-36-14-12-34-10-11-35-13-15-37-17-19-39-22-40-25-8-6-24(7-9-25)29(32)33/h1-9H,10-22H2. The van der Waals surface area contributed by atoms with E-state index < -0.39 is 16.9 Å². The summed E-state index contributed by atoms with van der Waals surface area (Å²) in [6, 6.07) is 15.0. The molecule has 0 aromatic heterocycles. The molecule has 2 aromatic carbocycles. The van der Waals surface area contributed by atoms with Gasteiger partial charge in [-0.15, -0.1) is 11.8 Å². The van der Waals surface area contributed by atoms with Crippen LogP contribution in [0, 0.1) is 10.1 Å². The summed E-state index contributed by atoms with van der Waals surface area (Å²) in [5.41, 5.74) is 0.826. The summed E-state index contributed by atoms with van der Waals surface area (Å²) in [6.45, 7) is 3.11. The number of carbonyl (C=O) groups is 2. The van der Waals surface area contributed by atoms with Crippen LogP contribution in [-0.4, -0.2) is 106 Å². The summed E-state index contributed by atoms with van der Waals surface area (Å²) < 4.78 is 42.5. The third kappa shape index (κ3) is 18.3. The molecule has 0 unspecified atom stereocenters. The maximum Gasteiger partial charge on any atom is 0.339 e. The maximum atomic E-state index is 11.8. The van der Waals surface area contributed by atoms with E-state index in [1.54, 1.807) is 0 Å². The van der Waals surface area contributed by atoms with E-state index >= 15 is 0 Å². The second-order valence-electron chi connectivity index (χ2n) is 8.21. The Bertz CT molecular complexity index is 1090. The molecule has 0 aliphatic heterocycles. The molecule has 0 aliphatic rings. The van der Waals surface area contributed by atoms with Crippen molar-refractivity contribution in [2.45, 2.75) is 0 Å². The number of nitrogens with zero attached hydrogens (tertiary/aromatic N) is 1. The number of thioether (sulfide) groups is 1. The van der Waals surface area contributed by atoms with Crippen LogP contribution >= 0.6 is 24.0 Å². The first-order valence-corrected chi connectivity index (χ1v) is 14.6. The van der Waals surface area contributed by atoms with E-state index in [-0.39, 0.29) is 38.1 Å². The first kappa shape index (κ1) is 36.2. The third-order valence-electron chi connectivity index (χ3n) is 4.99. The summed E-state index contributed by atoms with van der Waals surface area (Å²) in [6.07, 6.45) is 0. The van der Waals surface area contributed by atoms with E-state index in [4.69, 9.17) is 50.1 Å². The van der Waals surface area contributed by atoms with Gasteiger partial charge >= 0.3 is 11.9 Å². The number of hydrogen-bond donors (Lipinski definition) is 0. The molecule has 0 N–H and O–H groups in total. The summed E-state index contributed by atoms with van der Waals surface area (Å²) in [7, 11) is 0. The Hall–Kier alpha value is -3.02. The van der Waals surface area contributed by atoms with Gasteiger partial charge in [-0.25, -0.2) is 4.79 Å². The minimum absolute atomic E-state index is 0.00557. The molecular weight excluding hydrogens is 606 g/mol. The average molecular weight is 642 g/mol. The number of ether oxygens (including phenoxy) is 8. The zero-order valence-electron chi connectivity index (χ0n) is 23.6. The Labute approximate surface area is 259 Å². The fourth-order valence-electron chi connectivity index (χ4n) is 2.95. The van der Waals surface area contributed by atoms with E-state index in [1.807, 2.05) is 30.3 Å². The second-order valence-corrected chi connectivity index (χ2v) is 9.86. The minimum atomic E-state index is -0.773. The van der Waals surface area contributed by atoms with Crippen molar-refractivity contribution in [3.8, 4) is 5.75 Å². The molecule has 0 bridgehead atoms. The minimum Gasteiger partial charge on any atom is -0.468 e. The maximum absolute atomic E-state index is 11.8. The summed E-state index contributed by atoms with van der Waals surface area (Å²) in [4.78, 5) is 33.6. The highest BCUT2D eigenvalue weighted by molar-refractivity contribution is 8.24. The van der Waals surface area contributed by atoms with Crippen molar-refractivity contribution >= 4 is 45.8 Å². The van der Waals surface area contributed by atoms with Gasteiger partial charge in [0.05, 0.1) is 80.9 Å². The molecule has 0 fully saturated rings. The van der Waals surface area contributed by atoms with E-state index in [1.165, 1.54) is 24.3 Å². The van der Waals surface area contributed by atoms with Crippen molar-refractivity contribution in [2.24, 2.45) is 0 Å². The van der Waals surface area contributed by atoms with Crippen molar-refractivity contribution in [1.82, 2.24) is 0 Å². The Kier molecular flexibility index (Phi) is 19.7. The van der Waals surface area contributed by atoms with Crippen molar-refractivity contribution in [2.75, 3.05) is 85.2 Å². The lowest BCUT2D eigenvalue weighted by molar-refractivity contribution is -0.384. The zero-order valence-corrected chi connectivity index (χ0v) is 25.2. The molecule has 236 valence electrons. The van der Waals surface area contributed by atoms with Crippen molar-refractivity contribution < 1.29 is 52.4 Å². The fraction of sp³-hybridized carbons (Fsp3) is 0.464. The molecule has 0 radical (unpaired) electrons. The van der Waals surface area contributed by atoms with E-state index in [9.17, 15) is 19.7 Å². The van der Waals surface area contributed by atoms with Crippen molar-refractivity contribution in [3.05, 3.63) is 70.3 Å². The van der Waals surface area contributed by atoms with E-state index in [2.05, 4.69) is 0 Å². The molecule has 0 saturated carbocycles. The third-order valence-corrected chi connectivity index (χ3v) is 6.46. The molecule has 0 saturated heterocycles. The molecular formula is C28H35NO12S2. The van der Waals surface area contributed by atoms with Crippen LogP contribution in [0.25, 0.3) is 0 Å². The van der Waals surface area contributed by atoms with Crippen LogP contribution < -0.4 is 4.74 Å². The fourth-order valence-corrected chi connectivity index (χ4v) is 3.88. The summed E-state index contributed by atoms with van der Waals surface area (Å²) in [5.74, 6) is -1.05. The van der Waals surface area contributed by atoms with E-state index in [0.29, 0.717) is 62.8 Å². The largest absolute Gasteiger partial charge is 0.468 e. The number of nitro benzene ring substituents is 1. The quantitative estimate of drug-likeness (QED) is 0.0314. The number of benzene rings is 2. The number of hydrogen-bond acceptors (Lipinski definition) is 14. The van der Waals surface area contributed by atoms with Gasteiger partial charge in [0.25, 0.3) is 5.69 Å². The zero-order chi connectivity index (χ0) is 31.0. The van der Waals surface area contributed by atoms with Gasteiger partial charge in [-0.1, -0.05) is 42.5 Å². The first-order chi connectivity index (χ1) is 21.0. The molecule has 15 heteroatoms. The van der Waals surface area contributed by atoms with Crippen LogP contribution in [0.15, 0.2) is 54.6 Å². The Morgan fingerprint density at radius 3 is 1.74 bits per heavy atom. The molecule has 43 heavy (non-hydrogen) atoms. The smallest absolute Gasteiger partial charge is 0.339 e. The Morgan fingerprint density at radius 1 is 0.698 bits per heavy atom. The highest BCUT2D eigenvalue weighted by Crippen LogP contribution is 2.17. The molecule has 13 nitrogen and oxygen atoms in total.